The average molecular weight is 231 g/mol. The van der Waals surface area contributed by atoms with Gasteiger partial charge < -0.3 is 9.52 Å². The monoisotopic (exact) mass is 231 g/mol. The molecule has 0 aliphatic heterocycles. The number of aliphatic hydroxyl groups excluding tert-OH is 1. The molecular weight excluding hydrogens is 214 g/mol. The van der Waals surface area contributed by atoms with Crippen LogP contribution in [0.4, 0.5) is 0 Å². The van der Waals surface area contributed by atoms with Crippen molar-refractivity contribution in [3.63, 3.8) is 0 Å². The van der Waals surface area contributed by atoms with E-state index in [9.17, 15) is 5.11 Å². The number of benzene rings is 1. The molecule has 17 heavy (non-hydrogen) atoms. The Balaban J connectivity index is 2.05. The standard InChI is InChI=1S/C14H17NO2/c1-11(12-6-3-2-4-7-12)15-13(10-16)14-8-5-9-17-14/h2-9,11,13,15-16H,10H2,1H3. The Morgan fingerprint density at radius 1 is 1.18 bits per heavy atom. The molecule has 0 amide bonds. The van der Waals surface area contributed by atoms with Gasteiger partial charge in [-0.2, -0.15) is 0 Å². The van der Waals surface area contributed by atoms with E-state index in [1.54, 1.807) is 6.26 Å². The summed E-state index contributed by atoms with van der Waals surface area (Å²) in [5.41, 5.74) is 1.19. The maximum Gasteiger partial charge on any atom is 0.123 e. The molecular formula is C14H17NO2. The second kappa shape index (κ2) is 5.66. The smallest absolute Gasteiger partial charge is 0.123 e. The molecule has 90 valence electrons. The van der Waals surface area contributed by atoms with E-state index in [1.807, 2.05) is 30.3 Å². The number of nitrogens with one attached hydrogen (secondary N) is 1. The minimum absolute atomic E-state index is 0.0185. The highest BCUT2D eigenvalue weighted by Gasteiger charge is 2.16. The zero-order valence-corrected chi connectivity index (χ0v) is 9.84. The van der Waals surface area contributed by atoms with Crippen LogP contribution in [0.1, 0.15) is 30.3 Å². The minimum atomic E-state index is -0.166. The lowest BCUT2D eigenvalue weighted by molar-refractivity contribution is 0.217. The lowest BCUT2D eigenvalue weighted by Crippen LogP contribution is -2.26. The topological polar surface area (TPSA) is 45.4 Å². The molecule has 0 saturated carbocycles. The first-order chi connectivity index (χ1) is 8.31. The fourth-order valence-electron chi connectivity index (χ4n) is 1.85. The lowest BCUT2D eigenvalue weighted by atomic mass is 10.1. The van der Waals surface area contributed by atoms with Crippen molar-refractivity contribution in [2.45, 2.75) is 19.0 Å². The van der Waals surface area contributed by atoms with Crippen LogP contribution in [-0.2, 0) is 0 Å². The molecule has 0 radical (unpaired) electrons. The van der Waals surface area contributed by atoms with Crippen LogP contribution in [0.2, 0.25) is 0 Å². The van der Waals surface area contributed by atoms with Crippen LogP contribution < -0.4 is 5.32 Å². The first-order valence-corrected chi connectivity index (χ1v) is 5.76. The van der Waals surface area contributed by atoms with Crippen molar-refractivity contribution < 1.29 is 9.52 Å². The van der Waals surface area contributed by atoms with Crippen molar-refractivity contribution in [3.8, 4) is 0 Å². The van der Waals surface area contributed by atoms with Crippen LogP contribution in [0.25, 0.3) is 0 Å². The Morgan fingerprint density at radius 3 is 2.53 bits per heavy atom. The Labute approximate surface area is 101 Å². The summed E-state index contributed by atoms with van der Waals surface area (Å²) in [6.45, 7) is 2.09. The third-order valence-corrected chi connectivity index (χ3v) is 2.82. The van der Waals surface area contributed by atoms with Crippen LogP contribution >= 0.6 is 0 Å². The van der Waals surface area contributed by atoms with E-state index in [4.69, 9.17) is 4.42 Å². The van der Waals surface area contributed by atoms with Crippen molar-refractivity contribution in [1.82, 2.24) is 5.32 Å². The molecule has 3 heteroatoms. The van der Waals surface area contributed by atoms with Crippen molar-refractivity contribution in [3.05, 3.63) is 60.1 Å². The van der Waals surface area contributed by atoms with Gasteiger partial charge in [-0.15, -0.1) is 0 Å². The summed E-state index contributed by atoms with van der Waals surface area (Å²) in [5, 5.41) is 12.7. The molecule has 0 spiro atoms. The highest BCUT2D eigenvalue weighted by atomic mass is 16.3. The normalized spacial score (nSPS) is 14.5. The van der Waals surface area contributed by atoms with Crippen molar-refractivity contribution in [1.29, 1.82) is 0 Å². The minimum Gasteiger partial charge on any atom is -0.468 e. The summed E-state index contributed by atoms with van der Waals surface area (Å²) >= 11 is 0. The van der Waals surface area contributed by atoms with Crippen molar-refractivity contribution >= 4 is 0 Å². The number of furan rings is 1. The Hall–Kier alpha value is -1.58. The zero-order valence-electron chi connectivity index (χ0n) is 9.84. The van der Waals surface area contributed by atoms with Crippen LogP contribution in [0.15, 0.2) is 53.1 Å². The van der Waals surface area contributed by atoms with Crippen LogP contribution in [0, 0.1) is 0 Å². The molecule has 1 aromatic carbocycles. The van der Waals surface area contributed by atoms with Gasteiger partial charge in [0.25, 0.3) is 0 Å². The third-order valence-electron chi connectivity index (χ3n) is 2.82. The largest absolute Gasteiger partial charge is 0.468 e. The molecule has 0 fully saturated rings. The van der Waals surface area contributed by atoms with Gasteiger partial charge in [-0.05, 0) is 24.6 Å². The van der Waals surface area contributed by atoms with Crippen LogP contribution in [0.3, 0.4) is 0 Å². The summed E-state index contributed by atoms with van der Waals surface area (Å²) in [6.07, 6.45) is 1.62. The van der Waals surface area contributed by atoms with E-state index in [-0.39, 0.29) is 18.7 Å². The van der Waals surface area contributed by atoms with Gasteiger partial charge in [0.15, 0.2) is 0 Å². The number of aliphatic hydroxyl groups is 1. The summed E-state index contributed by atoms with van der Waals surface area (Å²) in [4.78, 5) is 0. The van der Waals surface area contributed by atoms with Crippen LogP contribution in [0.5, 0.6) is 0 Å². The van der Waals surface area contributed by atoms with Gasteiger partial charge in [0, 0.05) is 6.04 Å². The Kier molecular flexibility index (Phi) is 3.96. The molecule has 1 aromatic heterocycles. The molecule has 2 N–H and O–H groups in total. The van der Waals surface area contributed by atoms with Gasteiger partial charge in [-0.1, -0.05) is 30.3 Å². The highest BCUT2D eigenvalue weighted by Crippen LogP contribution is 2.19. The maximum absolute atomic E-state index is 9.37. The number of hydrogen-bond donors (Lipinski definition) is 2. The van der Waals surface area contributed by atoms with E-state index in [0.29, 0.717) is 0 Å². The molecule has 0 bridgehead atoms. The van der Waals surface area contributed by atoms with Gasteiger partial charge in [-0.25, -0.2) is 0 Å². The van der Waals surface area contributed by atoms with Gasteiger partial charge in [0.05, 0.1) is 18.9 Å². The van der Waals surface area contributed by atoms with E-state index >= 15 is 0 Å². The quantitative estimate of drug-likeness (QED) is 0.831. The molecule has 2 atom stereocenters. The predicted molar refractivity (Wildman–Crippen MR) is 66.5 cm³/mol. The Bertz CT molecular complexity index is 425. The van der Waals surface area contributed by atoms with Gasteiger partial charge in [-0.3, -0.25) is 5.32 Å². The molecule has 0 aliphatic rings. The lowest BCUT2D eigenvalue weighted by Gasteiger charge is -2.20. The molecule has 0 aliphatic carbocycles. The summed E-state index contributed by atoms with van der Waals surface area (Å²) in [7, 11) is 0. The maximum atomic E-state index is 9.37. The number of rotatable bonds is 5. The summed E-state index contributed by atoms with van der Waals surface area (Å²) in [6, 6.07) is 13.8. The SMILES string of the molecule is CC(NC(CO)c1ccco1)c1ccccc1. The van der Waals surface area contributed by atoms with E-state index in [0.717, 1.165) is 5.76 Å². The highest BCUT2D eigenvalue weighted by molar-refractivity contribution is 5.19. The van der Waals surface area contributed by atoms with Crippen molar-refractivity contribution in [2.24, 2.45) is 0 Å². The molecule has 2 unspecified atom stereocenters. The van der Waals surface area contributed by atoms with Gasteiger partial charge >= 0.3 is 0 Å². The molecule has 2 aromatic rings. The fourth-order valence-corrected chi connectivity index (χ4v) is 1.85. The van der Waals surface area contributed by atoms with E-state index < -0.39 is 0 Å². The summed E-state index contributed by atoms with van der Waals surface area (Å²) in [5.74, 6) is 0.760. The average Bonchev–Trinajstić information content (AvgIpc) is 2.90. The molecule has 3 nitrogen and oxygen atoms in total. The van der Waals surface area contributed by atoms with E-state index in [2.05, 4.69) is 24.4 Å². The first kappa shape index (κ1) is 11.9. The van der Waals surface area contributed by atoms with Gasteiger partial charge in [0.1, 0.15) is 5.76 Å². The van der Waals surface area contributed by atoms with E-state index in [1.165, 1.54) is 5.56 Å². The van der Waals surface area contributed by atoms with Gasteiger partial charge in [0.2, 0.25) is 0 Å². The second-order valence-electron chi connectivity index (χ2n) is 4.05. The van der Waals surface area contributed by atoms with Crippen LogP contribution in [-0.4, -0.2) is 11.7 Å². The van der Waals surface area contributed by atoms with Crippen molar-refractivity contribution in [2.75, 3.05) is 6.61 Å². The predicted octanol–water partition coefficient (Wildman–Crippen LogP) is 2.66. The Morgan fingerprint density at radius 2 is 1.94 bits per heavy atom. The third kappa shape index (κ3) is 2.96. The fraction of sp³-hybridized carbons (Fsp3) is 0.286. The molecule has 0 saturated heterocycles. The number of hydrogen-bond acceptors (Lipinski definition) is 3. The zero-order chi connectivity index (χ0) is 12.1. The second-order valence-corrected chi connectivity index (χ2v) is 4.05. The summed E-state index contributed by atoms with van der Waals surface area (Å²) < 4.78 is 5.30. The molecule has 1 heterocycles. The molecule has 2 rings (SSSR count). The first-order valence-electron chi connectivity index (χ1n) is 5.76.